The lowest BCUT2D eigenvalue weighted by molar-refractivity contribution is -0.191. The Hall–Kier alpha value is -7.81. The first-order valence-corrected chi connectivity index (χ1v) is 44.1. The number of halogens is 1. The van der Waals surface area contributed by atoms with Crippen molar-refractivity contribution in [2.75, 3.05) is 98.4 Å². The van der Waals surface area contributed by atoms with Crippen LogP contribution in [-0.4, -0.2) is 132 Å². The predicted molar refractivity (Wildman–Crippen MR) is 442 cm³/mol. The fraction of sp³-hybridized carbons (Fsp3) is 0.424. The molecule has 592 valence electrons. The van der Waals surface area contributed by atoms with Crippen molar-refractivity contribution < 1.29 is 48.0 Å². The van der Waals surface area contributed by atoms with Gasteiger partial charge in [0.15, 0.2) is 0 Å². The summed E-state index contributed by atoms with van der Waals surface area (Å²) in [5.74, 6) is 0.466. The smallest absolute Gasteiger partial charge is 0.373 e. The van der Waals surface area contributed by atoms with Gasteiger partial charge >= 0.3 is 6.15 Å². The van der Waals surface area contributed by atoms with Gasteiger partial charge in [-0.1, -0.05) is 199 Å². The molecule has 6 atom stereocenters. The van der Waals surface area contributed by atoms with Gasteiger partial charge in [0, 0.05) is 52.4 Å². The molecule has 2 fully saturated rings. The molecule has 6 aliphatic rings. The Labute approximate surface area is 659 Å². The van der Waals surface area contributed by atoms with Crippen molar-refractivity contribution in [1.82, 2.24) is 26.2 Å². The Morgan fingerprint density at radius 1 is 0.427 bits per heavy atom. The summed E-state index contributed by atoms with van der Waals surface area (Å²) >= 11 is 6.16. The zero-order valence-corrected chi connectivity index (χ0v) is 68.1. The zero-order valence-electron chi connectivity index (χ0n) is 64.1. The summed E-state index contributed by atoms with van der Waals surface area (Å²) in [6.45, 7) is 14.4. The van der Waals surface area contributed by atoms with Crippen molar-refractivity contribution in [3.05, 3.63) is 237 Å². The van der Waals surface area contributed by atoms with Crippen molar-refractivity contribution >= 4 is 80.6 Å². The minimum absolute atomic E-state index is 0. The van der Waals surface area contributed by atoms with E-state index >= 15 is 0 Å². The number of carbonyl (C=O) groups excluding carboxylic acids is 2. The number of sulfonamides is 4. The number of fused-ring (bicyclic) bond motifs is 8. The number of hydrogen-bond acceptors (Lipinski definition) is 16. The second-order valence-electron chi connectivity index (χ2n) is 28.8. The van der Waals surface area contributed by atoms with Crippen LogP contribution in [0.4, 0.5) is 22.7 Å². The van der Waals surface area contributed by atoms with Gasteiger partial charge in [-0.25, -0.2) is 33.7 Å². The molecule has 6 unspecified atom stereocenters. The van der Waals surface area contributed by atoms with Crippen LogP contribution in [0.15, 0.2) is 196 Å². The predicted octanol–water partition coefficient (Wildman–Crippen LogP) is 15.4. The van der Waals surface area contributed by atoms with Gasteiger partial charge in [0.1, 0.15) is 0 Å². The zero-order chi connectivity index (χ0) is 78.2. The van der Waals surface area contributed by atoms with E-state index in [2.05, 4.69) is 47.1 Å². The molecule has 0 amide bonds. The number of unbranched alkanes of at least 4 members (excludes halogenated alkanes) is 7. The van der Waals surface area contributed by atoms with Crippen LogP contribution in [-0.2, 0) is 54.4 Å². The van der Waals surface area contributed by atoms with Crippen LogP contribution in [0.2, 0.25) is 5.02 Å². The summed E-state index contributed by atoms with van der Waals surface area (Å²) in [7, 11) is -5.70. The monoisotopic (exact) mass is 1600 g/mol. The summed E-state index contributed by atoms with van der Waals surface area (Å²) in [4.78, 5) is 20.1. The number of rotatable bonds is 20. The topological polar surface area (TPSA) is 244 Å². The number of hydrogen-bond donors (Lipinski definition) is 4. The van der Waals surface area contributed by atoms with E-state index in [0.717, 1.165) is 151 Å². The number of likely N-dealkylation sites (tertiary alicyclic amines) is 1. The molecule has 2 saturated heterocycles. The first kappa shape index (κ1) is 86.2. The number of anilines is 4. The molecule has 20 nitrogen and oxygen atoms in total. The maximum absolute atomic E-state index is 13.3. The van der Waals surface area contributed by atoms with Crippen LogP contribution in [0.25, 0.3) is 0 Å². The third-order valence-electron chi connectivity index (χ3n) is 21.5. The molecule has 25 heteroatoms. The number of benzene rings is 8. The highest BCUT2D eigenvalue weighted by Gasteiger charge is 2.40. The van der Waals surface area contributed by atoms with Crippen molar-refractivity contribution in [1.29, 1.82) is 0 Å². The molecular formula is C85H110ClN9O11S4. The summed E-state index contributed by atoms with van der Waals surface area (Å²) in [5.41, 5.74) is 12.0. The average Bonchev–Trinajstić information content (AvgIpc) is 1.62. The number of aryl methyl sites for hydroxylation is 2. The minimum Gasteiger partial charge on any atom is -0.381 e. The summed E-state index contributed by atoms with van der Waals surface area (Å²) in [6, 6.07) is 54.9. The second kappa shape index (κ2) is 39.1. The van der Waals surface area contributed by atoms with Crippen LogP contribution >= 0.6 is 11.6 Å². The molecule has 0 saturated carbocycles. The van der Waals surface area contributed by atoms with Gasteiger partial charge < -0.3 is 30.9 Å². The molecule has 8 aromatic carbocycles. The van der Waals surface area contributed by atoms with Gasteiger partial charge in [-0.15, -0.1) is 0 Å². The summed E-state index contributed by atoms with van der Waals surface area (Å²) in [5, 5.41) is 14.9. The molecule has 6 heterocycles. The van der Waals surface area contributed by atoms with E-state index in [1.54, 1.807) is 64.6 Å². The van der Waals surface area contributed by atoms with Gasteiger partial charge in [0.2, 0.25) is 0 Å². The Bertz CT molecular complexity index is 4950. The van der Waals surface area contributed by atoms with E-state index in [9.17, 15) is 33.7 Å². The van der Waals surface area contributed by atoms with Crippen LogP contribution in [0.1, 0.15) is 185 Å². The first-order chi connectivity index (χ1) is 52.3. The fourth-order valence-electron chi connectivity index (χ4n) is 15.4. The second-order valence-corrected chi connectivity index (χ2v) is 37.0. The van der Waals surface area contributed by atoms with Gasteiger partial charge in [-0.2, -0.15) is 9.59 Å². The SMILES string of the molecule is C.CCCCCCCCNC1c2ccccc2N(C)S(=O)(=O)c2cc(C)ccc21.CCCCCNC1c2ccccc2N(C)S(=O)(=O)c2ccccc21.CN1CCCC1CCNC1c2ccccc2N(C)S(=O)(=O)c2cc(Cl)ccc21.Cc1ccc2c(c1)S(=O)(=O)N(C)c1ccccc1C2NCC1CCOC1.O=C=O. The molecule has 0 radical (unpaired) electrons. The van der Waals surface area contributed by atoms with E-state index in [4.69, 9.17) is 25.9 Å². The maximum atomic E-state index is 13.3. The number of para-hydroxylation sites is 4. The fourth-order valence-corrected chi connectivity index (χ4v) is 21.7. The first-order valence-electron chi connectivity index (χ1n) is 37.9. The van der Waals surface area contributed by atoms with E-state index in [1.165, 1.54) is 68.6 Å². The largest absolute Gasteiger partial charge is 0.381 e. The lowest BCUT2D eigenvalue weighted by Crippen LogP contribution is -2.31. The van der Waals surface area contributed by atoms with Crippen molar-refractivity contribution in [2.45, 2.75) is 168 Å². The van der Waals surface area contributed by atoms with E-state index in [0.29, 0.717) is 37.4 Å². The van der Waals surface area contributed by atoms with E-state index in [1.807, 2.05) is 153 Å². The Morgan fingerprint density at radius 2 is 0.782 bits per heavy atom. The van der Waals surface area contributed by atoms with Gasteiger partial charge in [0.05, 0.1) is 73.1 Å². The lowest BCUT2D eigenvalue weighted by Gasteiger charge is -2.24. The summed E-state index contributed by atoms with van der Waals surface area (Å²) < 4.78 is 117. The van der Waals surface area contributed by atoms with Crippen LogP contribution < -0.4 is 38.5 Å². The summed E-state index contributed by atoms with van der Waals surface area (Å²) in [6.07, 6.45) is 15.7. The van der Waals surface area contributed by atoms with Crippen LogP contribution in [0.3, 0.4) is 0 Å². The third-order valence-corrected chi connectivity index (χ3v) is 29.1. The third kappa shape index (κ3) is 19.4. The number of ether oxygens (including phenoxy) is 1. The molecule has 6 aliphatic heterocycles. The quantitative estimate of drug-likeness (QED) is 0.0518. The molecule has 0 bridgehead atoms. The van der Waals surface area contributed by atoms with Crippen molar-refractivity contribution in [3.63, 3.8) is 0 Å². The molecule has 0 spiro atoms. The Balaban J connectivity index is 0.000000166. The van der Waals surface area contributed by atoms with Crippen molar-refractivity contribution in [3.8, 4) is 0 Å². The lowest BCUT2D eigenvalue weighted by atomic mass is 9.95. The highest BCUT2D eigenvalue weighted by Crippen LogP contribution is 2.45. The minimum atomic E-state index is -3.67. The highest BCUT2D eigenvalue weighted by atomic mass is 35.5. The molecule has 14 rings (SSSR count). The van der Waals surface area contributed by atoms with Crippen LogP contribution in [0, 0.1) is 19.8 Å². The number of nitrogens with one attached hydrogen (secondary N) is 4. The van der Waals surface area contributed by atoms with Gasteiger partial charge in [-0.05, 0) is 202 Å². The van der Waals surface area contributed by atoms with Gasteiger partial charge in [-0.3, -0.25) is 17.2 Å². The molecule has 8 aromatic rings. The van der Waals surface area contributed by atoms with Crippen LogP contribution in [0.5, 0.6) is 0 Å². The number of nitrogens with zero attached hydrogens (tertiary/aromatic N) is 5. The standard InChI is InChI=1S/C23H32N2O2S.C21H26ClN3O2S.C20H24N2O3S.C19H24N2O2S.CO2.CH4/c1-4-5-6-7-8-11-16-24-23-19-12-9-10-13-21(19)25(3)28(26,27)22-17-18(2)14-15-20(22)23;1-24-13-5-6-16(24)11-12-23-21-17-7-3-4-8-19(17)25(2)28(26,27)20-14-15(22)9-10-18(20)21;1-14-7-8-17-19(11-14)26(23,24)22(2)18-6-4-3-5-16(18)20(17)21-12-15-9-10-25-13-15;1-3-4-9-14-20-19-15-10-5-7-12-17(15)21(2)24(22,23)18-13-8-6-11-16(18)19;2-1-3;/h9-10,12-15,17,23-24H,4-8,11,16H2,1-3H3;3-4,7-10,14,16,21,23H,5-6,11-13H2,1-2H3;3-8,11,15,20-21H,9-10,12-13H2,1-2H3;5-8,10-13,19-20H,3-4,9,14H2,1-2H3;;1H4. The molecule has 4 N–H and O–H groups in total. The maximum Gasteiger partial charge on any atom is 0.373 e. The molecule has 0 aromatic heterocycles. The van der Waals surface area contributed by atoms with E-state index < -0.39 is 40.1 Å². The van der Waals surface area contributed by atoms with E-state index in [-0.39, 0.29) is 42.6 Å². The highest BCUT2D eigenvalue weighted by molar-refractivity contribution is 7.93. The van der Waals surface area contributed by atoms with Crippen molar-refractivity contribution in [2.24, 2.45) is 5.92 Å². The molecule has 0 aliphatic carbocycles. The molecular weight excluding hydrogens is 1490 g/mol. The normalized spacial score (nSPS) is 20.4. The van der Waals surface area contributed by atoms with Gasteiger partial charge in [0.25, 0.3) is 40.1 Å². The Kier molecular flexibility index (Phi) is 30.6. The molecule has 110 heavy (non-hydrogen) atoms. The average molecular weight is 1600 g/mol. The Morgan fingerprint density at radius 3 is 1.21 bits per heavy atom.